The van der Waals surface area contributed by atoms with Crippen molar-refractivity contribution in [2.75, 3.05) is 6.67 Å². The molecule has 6 rings (SSSR count). The number of fused-ring (bicyclic) bond motifs is 2. The van der Waals surface area contributed by atoms with Crippen LogP contribution in [0.1, 0.15) is 29.1 Å². The molecule has 2 N–H and O–H groups in total. The average Bonchev–Trinajstić information content (AvgIpc) is 3.47. The Kier molecular flexibility index (Phi) is 5.55. The first kappa shape index (κ1) is 22.8. The molecule has 0 saturated heterocycles. The highest BCUT2D eigenvalue weighted by molar-refractivity contribution is 8.14. The van der Waals surface area contributed by atoms with Crippen molar-refractivity contribution in [3.63, 3.8) is 0 Å². The lowest BCUT2D eigenvalue weighted by Gasteiger charge is -2.32. The molecule has 1 aromatic carbocycles. The Morgan fingerprint density at radius 3 is 2.89 bits per heavy atom. The maximum Gasteiger partial charge on any atom is 0.233 e. The normalized spacial score (nSPS) is 22.8. The third-order valence-corrected chi connectivity index (χ3v) is 7.55. The third-order valence-electron chi connectivity index (χ3n) is 6.40. The van der Waals surface area contributed by atoms with E-state index in [1.54, 1.807) is 12.3 Å². The van der Waals surface area contributed by atoms with E-state index in [0.717, 1.165) is 6.07 Å². The lowest BCUT2D eigenvalue weighted by atomic mass is 9.84. The van der Waals surface area contributed by atoms with Crippen LogP contribution < -0.4 is 10.5 Å². The van der Waals surface area contributed by atoms with Crippen LogP contribution in [0.2, 0.25) is 0 Å². The van der Waals surface area contributed by atoms with Gasteiger partial charge in [-0.15, -0.1) is 0 Å². The van der Waals surface area contributed by atoms with Gasteiger partial charge in [0.1, 0.15) is 24.0 Å². The lowest BCUT2D eigenvalue weighted by molar-refractivity contribution is 0.253. The van der Waals surface area contributed by atoms with Gasteiger partial charge in [-0.25, -0.2) is 33.1 Å². The molecule has 8 nitrogen and oxygen atoms in total. The van der Waals surface area contributed by atoms with Gasteiger partial charge in [-0.1, -0.05) is 11.8 Å². The molecule has 0 bridgehead atoms. The molecule has 3 atom stereocenters. The number of ether oxygens (including phenoxy) is 1. The van der Waals surface area contributed by atoms with Crippen LogP contribution >= 0.6 is 11.8 Å². The number of aromatic nitrogens is 4. The van der Waals surface area contributed by atoms with E-state index in [1.807, 2.05) is 0 Å². The number of halogens is 3. The van der Waals surface area contributed by atoms with Gasteiger partial charge in [-0.3, -0.25) is 4.98 Å². The van der Waals surface area contributed by atoms with Crippen LogP contribution in [0.3, 0.4) is 0 Å². The zero-order chi connectivity index (χ0) is 24.9. The monoisotopic (exact) mass is 512 g/mol. The molecule has 4 heterocycles. The van der Waals surface area contributed by atoms with Crippen molar-refractivity contribution in [2.24, 2.45) is 16.6 Å². The Labute approximate surface area is 207 Å². The van der Waals surface area contributed by atoms with Gasteiger partial charge >= 0.3 is 0 Å². The minimum atomic E-state index is -1.53. The summed E-state index contributed by atoms with van der Waals surface area (Å²) in [5.41, 5.74) is 6.15. The zero-order valence-electron chi connectivity index (χ0n) is 18.7. The van der Waals surface area contributed by atoms with Crippen molar-refractivity contribution >= 4 is 28.0 Å². The molecular weight excluding hydrogens is 493 g/mol. The van der Waals surface area contributed by atoms with E-state index in [-0.39, 0.29) is 40.8 Å². The summed E-state index contributed by atoms with van der Waals surface area (Å²) >= 11 is 1.35. The maximum absolute atomic E-state index is 15.0. The van der Waals surface area contributed by atoms with E-state index >= 15 is 4.39 Å². The second-order valence-electron chi connectivity index (χ2n) is 8.67. The summed E-state index contributed by atoms with van der Waals surface area (Å²) in [6.07, 6.45) is 6.71. The van der Waals surface area contributed by atoms with E-state index in [4.69, 9.17) is 14.9 Å². The van der Waals surface area contributed by atoms with E-state index in [1.165, 1.54) is 36.5 Å². The molecule has 0 radical (unpaired) electrons. The number of hydrogen-bond acceptors (Lipinski definition) is 9. The largest absolute Gasteiger partial charge is 0.467 e. The molecule has 36 heavy (non-hydrogen) atoms. The summed E-state index contributed by atoms with van der Waals surface area (Å²) in [6, 6.07) is 4.21. The van der Waals surface area contributed by atoms with E-state index in [0.29, 0.717) is 34.6 Å². The number of pyridine rings is 1. The van der Waals surface area contributed by atoms with Gasteiger partial charge < -0.3 is 14.9 Å². The first-order valence-electron chi connectivity index (χ1n) is 11.1. The van der Waals surface area contributed by atoms with Crippen molar-refractivity contribution in [3.8, 4) is 5.88 Å². The van der Waals surface area contributed by atoms with E-state index in [2.05, 4.69) is 24.9 Å². The number of benzene rings is 1. The van der Waals surface area contributed by atoms with Crippen molar-refractivity contribution < 1.29 is 22.3 Å². The maximum atomic E-state index is 15.0. The van der Waals surface area contributed by atoms with Gasteiger partial charge in [0.2, 0.25) is 11.8 Å². The number of hydrogen-bond donors (Lipinski definition) is 1. The van der Waals surface area contributed by atoms with Crippen molar-refractivity contribution in [1.82, 2.24) is 19.9 Å². The van der Waals surface area contributed by atoms with Crippen LogP contribution in [0, 0.1) is 17.6 Å². The van der Waals surface area contributed by atoms with Gasteiger partial charge in [0.05, 0.1) is 23.6 Å². The Morgan fingerprint density at radius 1 is 1.19 bits per heavy atom. The van der Waals surface area contributed by atoms with Crippen molar-refractivity contribution in [1.29, 1.82) is 0 Å². The van der Waals surface area contributed by atoms with Crippen LogP contribution in [0.25, 0.3) is 11.0 Å². The number of aliphatic imine (C=N–C) groups is 1. The van der Waals surface area contributed by atoms with Crippen molar-refractivity contribution in [2.45, 2.75) is 30.2 Å². The molecule has 1 fully saturated rings. The van der Waals surface area contributed by atoms with Crippen LogP contribution in [0.4, 0.5) is 13.2 Å². The third kappa shape index (κ3) is 3.94. The highest BCUT2D eigenvalue weighted by Crippen LogP contribution is 2.58. The quantitative estimate of drug-likeness (QED) is 0.394. The summed E-state index contributed by atoms with van der Waals surface area (Å²) < 4.78 is 54.9. The molecule has 3 aromatic heterocycles. The summed E-state index contributed by atoms with van der Waals surface area (Å²) in [5.74, 6) is -1.76. The van der Waals surface area contributed by atoms with Gasteiger partial charge in [0.25, 0.3) is 0 Å². The molecule has 0 amide bonds. The zero-order valence-corrected chi connectivity index (χ0v) is 19.5. The summed E-state index contributed by atoms with van der Waals surface area (Å²) in [4.78, 5) is 21.5. The van der Waals surface area contributed by atoms with Crippen LogP contribution in [-0.4, -0.2) is 37.0 Å². The van der Waals surface area contributed by atoms with Gasteiger partial charge in [0, 0.05) is 29.3 Å². The minimum absolute atomic E-state index is 0.0550. The Balaban J connectivity index is 1.33. The molecular formula is C24H19F3N6O2S. The molecule has 0 spiro atoms. The first-order chi connectivity index (χ1) is 17.5. The lowest BCUT2D eigenvalue weighted by Crippen LogP contribution is -2.37. The number of rotatable bonds is 7. The molecule has 0 unspecified atom stereocenters. The summed E-state index contributed by atoms with van der Waals surface area (Å²) in [7, 11) is 0. The van der Waals surface area contributed by atoms with E-state index < -0.39 is 23.8 Å². The Bertz CT molecular complexity index is 1480. The van der Waals surface area contributed by atoms with Gasteiger partial charge in [-0.2, -0.15) is 0 Å². The molecule has 4 aromatic rings. The smallest absolute Gasteiger partial charge is 0.233 e. The topological polar surface area (TPSA) is 112 Å². The number of oxazole rings is 1. The van der Waals surface area contributed by atoms with Crippen LogP contribution in [-0.2, 0) is 18.6 Å². The number of thioether (sulfide) groups is 1. The minimum Gasteiger partial charge on any atom is -0.467 e. The number of nitrogens with two attached hydrogens (primary N) is 1. The Morgan fingerprint density at radius 2 is 2.08 bits per heavy atom. The molecule has 1 saturated carbocycles. The molecule has 12 heteroatoms. The molecule has 2 aliphatic rings. The van der Waals surface area contributed by atoms with Crippen LogP contribution in [0.15, 0.2) is 52.5 Å². The Hall–Kier alpha value is -3.67. The molecule has 1 aliphatic heterocycles. The number of alkyl halides is 1. The highest BCUT2D eigenvalue weighted by atomic mass is 32.2. The first-order valence-corrected chi connectivity index (χ1v) is 12.0. The van der Waals surface area contributed by atoms with Gasteiger partial charge in [-0.05, 0) is 30.2 Å². The van der Waals surface area contributed by atoms with Crippen LogP contribution in [0.5, 0.6) is 5.88 Å². The fourth-order valence-electron chi connectivity index (χ4n) is 4.62. The van der Waals surface area contributed by atoms with E-state index in [9.17, 15) is 8.78 Å². The molecule has 1 aliphatic carbocycles. The average molecular weight is 513 g/mol. The second kappa shape index (κ2) is 8.77. The van der Waals surface area contributed by atoms with Gasteiger partial charge in [0.15, 0.2) is 23.4 Å². The summed E-state index contributed by atoms with van der Waals surface area (Å²) in [5, 5.41) is 0.239. The number of nitrogens with zero attached hydrogens (tertiary/aromatic N) is 5. The molecule has 184 valence electrons. The fourth-order valence-corrected chi connectivity index (χ4v) is 5.84. The highest BCUT2D eigenvalue weighted by Gasteiger charge is 2.58. The predicted molar refractivity (Wildman–Crippen MR) is 126 cm³/mol. The summed E-state index contributed by atoms with van der Waals surface area (Å²) in [6.45, 7) is -0.879. The number of amidine groups is 1. The van der Waals surface area contributed by atoms with Crippen molar-refractivity contribution in [3.05, 3.63) is 77.4 Å². The predicted octanol–water partition coefficient (Wildman–Crippen LogP) is 4.08. The SMILES string of the molecule is NC1=N[C@](CF)(c2cc(Cc3nccc4nc(OCc5ncco5)cnc34)cc(F)c2F)[C@@H]2C[C@@H]2S1. The fraction of sp³-hybridized carbons (Fsp3) is 0.292. The second-order valence-corrected chi connectivity index (χ2v) is 9.93. The standard InChI is InChI=1S/C24H19F3N6O2S/c25-11-24(13-8-18(13)36-23(28)33-24)14-5-12(6-15(26)21(14)27)7-17-22-16(1-2-29-17)32-19(9-31-22)35-10-20-30-3-4-34-20/h1-6,9,13,18H,7-8,10-11H2,(H2,28,33)/t13-,18+,24+/m1/s1.